The molecule has 0 fully saturated rings. The van der Waals surface area contributed by atoms with Crippen LogP contribution in [0.4, 0.5) is 0 Å². The lowest BCUT2D eigenvalue weighted by molar-refractivity contribution is 0.371. The maximum Gasteiger partial charge on any atom is 0.191 e. The summed E-state index contributed by atoms with van der Waals surface area (Å²) in [7, 11) is 1.76. The third kappa shape index (κ3) is 5.28. The Morgan fingerprint density at radius 2 is 2.18 bits per heavy atom. The number of guanidine groups is 1. The second kappa shape index (κ2) is 9.14. The molecule has 0 aromatic carbocycles. The van der Waals surface area contributed by atoms with Gasteiger partial charge in [-0.05, 0) is 24.3 Å². The molecule has 0 aliphatic rings. The van der Waals surface area contributed by atoms with Crippen molar-refractivity contribution in [3.05, 3.63) is 39.9 Å². The Kier molecular flexibility index (Phi) is 7.88. The molecule has 0 bridgehead atoms. The Hall–Kier alpha value is -1.09. The molecule has 0 amide bonds. The zero-order chi connectivity index (χ0) is 15.2. The fourth-order valence-electron chi connectivity index (χ4n) is 1.86. The fraction of sp³-hybridized carbons (Fsp3) is 0.467. The molecule has 0 aliphatic carbocycles. The third-order valence-corrected chi connectivity index (χ3v) is 4.20. The van der Waals surface area contributed by atoms with Gasteiger partial charge in [0.05, 0.1) is 18.3 Å². The van der Waals surface area contributed by atoms with Gasteiger partial charge >= 0.3 is 0 Å². The second-order valence-electron chi connectivity index (χ2n) is 5.18. The van der Waals surface area contributed by atoms with E-state index in [0.717, 1.165) is 17.4 Å². The van der Waals surface area contributed by atoms with Crippen molar-refractivity contribution < 1.29 is 4.52 Å². The molecule has 0 aliphatic heterocycles. The minimum absolute atomic E-state index is 0. The SMILES string of the molecule is CN=C(NCc1cc(C(C)C)no1)NC(C)c1cccs1.I. The van der Waals surface area contributed by atoms with Crippen LogP contribution in [-0.4, -0.2) is 18.2 Å². The first-order valence-corrected chi connectivity index (χ1v) is 7.94. The summed E-state index contributed by atoms with van der Waals surface area (Å²) in [5.74, 6) is 1.93. The van der Waals surface area contributed by atoms with Crippen molar-refractivity contribution in [3.8, 4) is 0 Å². The molecule has 2 rings (SSSR count). The molecule has 22 heavy (non-hydrogen) atoms. The lowest BCUT2D eigenvalue weighted by atomic mass is 10.1. The van der Waals surface area contributed by atoms with Crippen molar-refractivity contribution in [3.63, 3.8) is 0 Å². The molecule has 5 nitrogen and oxygen atoms in total. The van der Waals surface area contributed by atoms with Gasteiger partial charge in [-0.1, -0.05) is 25.1 Å². The molecule has 122 valence electrons. The number of halogens is 1. The van der Waals surface area contributed by atoms with Crippen LogP contribution >= 0.6 is 35.3 Å². The van der Waals surface area contributed by atoms with Gasteiger partial charge in [-0.3, -0.25) is 4.99 Å². The predicted molar refractivity (Wildman–Crippen MR) is 102 cm³/mol. The molecule has 0 saturated heterocycles. The summed E-state index contributed by atoms with van der Waals surface area (Å²) in [6.45, 7) is 6.87. The monoisotopic (exact) mass is 434 g/mol. The summed E-state index contributed by atoms with van der Waals surface area (Å²) in [6.07, 6.45) is 0. The van der Waals surface area contributed by atoms with Crippen LogP contribution in [0.5, 0.6) is 0 Å². The third-order valence-electron chi connectivity index (χ3n) is 3.15. The fourth-order valence-corrected chi connectivity index (χ4v) is 2.60. The number of nitrogens with one attached hydrogen (secondary N) is 2. The number of nitrogens with zero attached hydrogens (tertiary/aromatic N) is 2. The van der Waals surface area contributed by atoms with Crippen molar-refractivity contribution in [1.29, 1.82) is 0 Å². The van der Waals surface area contributed by atoms with Crippen LogP contribution in [0.25, 0.3) is 0 Å². The molecule has 1 atom stereocenters. The number of aliphatic imine (C=N–C) groups is 1. The quantitative estimate of drug-likeness (QED) is 0.426. The molecule has 7 heteroatoms. The molecule has 0 radical (unpaired) electrons. The number of hydrogen-bond acceptors (Lipinski definition) is 4. The van der Waals surface area contributed by atoms with Crippen molar-refractivity contribution in [2.45, 2.75) is 39.3 Å². The topological polar surface area (TPSA) is 62.5 Å². The summed E-state index contributed by atoms with van der Waals surface area (Å²) in [5, 5.41) is 12.7. The molecular formula is C15H23IN4OS. The molecule has 0 saturated carbocycles. The molecular weight excluding hydrogens is 411 g/mol. The summed E-state index contributed by atoms with van der Waals surface area (Å²) in [5.41, 5.74) is 0.974. The van der Waals surface area contributed by atoms with Crippen molar-refractivity contribution in [1.82, 2.24) is 15.8 Å². The Balaban J connectivity index is 0.00000242. The van der Waals surface area contributed by atoms with Gasteiger partial charge in [-0.2, -0.15) is 0 Å². The van der Waals surface area contributed by atoms with Crippen LogP contribution in [0.2, 0.25) is 0 Å². The molecule has 0 spiro atoms. The normalized spacial score (nSPS) is 12.9. The number of aromatic nitrogens is 1. The van der Waals surface area contributed by atoms with E-state index >= 15 is 0 Å². The van der Waals surface area contributed by atoms with E-state index in [2.05, 4.69) is 59.1 Å². The highest BCUT2D eigenvalue weighted by atomic mass is 127. The Labute approximate surface area is 152 Å². The molecule has 2 N–H and O–H groups in total. The highest BCUT2D eigenvalue weighted by molar-refractivity contribution is 14.0. The minimum atomic E-state index is 0. The number of hydrogen-bond donors (Lipinski definition) is 2. The van der Waals surface area contributed by atoms with Gasteiger partial charge in [0, 0.05) is 18.0 Å². The van der Waals surface area contributed by atoms with Crippen LogP contribution in [0.3, 0.4) is 0 Å². The summed E-state index contributed by atoms with van der Waals surface area (Å²) < 4.78 is 5.30. The second-order valence-corrected chi connectivity index (χ2v) is 6.16. The largest absolute Gasteiger partial charge is 0.359 e. The van der Waals surface area contributed by atoms with E-state index in [1.54, 1.807) is 18.4 Å². The van der Waals surface area contributed by atoms with Crippen LogP contribution < -0.4 is 10.6 Å². The zero-order valence-electron chi connectivity index (χ0n) is 13.3. The first-order chi connectivity index (χ1) is 10.1. The zero-order valence-corrected chi connectivity index (χ0v) is 16.4. The van der Waals surface area contributed by atoms with E-state index in [1.165, 1.54) is 4.88 Å². The first-order valence-electron chi connectivity index (χ1n) is 7.06. The highest BCUT2D eigenvalue weighted by Gasteiger charge is 2.10. The standard InChI is InChI=1S/C15H22N4OS.HI/c1-10(2)13-8-12(20-19-13)9-17-15(16-4)18-11(3)14-6-5-7-21-14;/h5-8,10-11H,9H2,1-4H3,(H2,16,17,18);1H. The van der Waals surface area contributed by atoms with Gasteiger partial charge in [0.25, 0.3) is 0 Å². The van der Waals surface area contributed by atoms with Gasteiger partial charge in [0.15, 0.2) is 11.7 Å². The average molecular weight is 434 g/mol. The molecule has 2 heterocycles. The van der Waals surface area contributed by atoms with Crippen LogP contribution in [0, 0.1) is 0 Å². The number of thiophene rings is 1. The summed E-state index contributed by atoms with van der Waals surface area (Å²) in [6, 6.07) is 6.36. The smallest absolute Gasteiger partial charge is 0.191 e. The lowest BCUT2D eigenvalue weighted by Crippen LogP contribution is -2.38. The lowest BCUT2D eigenvalue weighted by Gasteiger charge is -2.16. The van der Waals surface area contributed by atoms with E-state index in [-0.39, 0.29) is 30.0 Å². The summed E-state index contributed by atoms with van der Waals surface area (Å²) >= 11 is 1.73. The van der Waals surface area contributed by atoms with Crippen molar-refractivity contribution >= 4 is 41.3 Å². The molecule has 1 unspecified atom stereocenters. The van der Waals surface area contributed by atoms with Gasteiger partial charge in [0.1, 0.15) is 0 Å². The van der Waals surface area contributed by atoms with E-state index in [1.807, 2.05) is 6.07 Å². The van der Waals surface area contributed by atoms with Crippen LogP contribution in [0.1, 0.15) is 49.1 Å². The predicted octanol–water partition coefficient (Wildman–Crippen LogP) is 3.90. The van der Waals surface area contributed by atoms with E-state index in [4.69, 9.17) is 4.52 Å². The number of rotatable bonds is 5. The van der Waals surface area contributed by atoms with Gasteiger partial charge in [0.2, 0.25) is 0 Å². The Morgan fingerprint density at radius 1 is 1.41 bits per heavy atom. The first kappa shape index (κ1) is 19.0. The maximum absolute atomic E-state index is 5.30. The van der Waals surface area contributed by atoms with Crippen molar-refractivity contribution in [2.24, 2.45) is 4.99 Å². The van der Waals surface area contributed by atoms with Crippen molar-refractivity contribution in [2.75, 3.05) is 7.05 Å². The Bertz CT molecular complexity index is 580. The molecule has 2 aromatic rings. The average Bonchev–Trinajstić information content (AvgIpc) is 3.13. The highest BCUT2D eigenvalue weighted by Crippen LogP contribution is 2.18. The Morgan fingerprint density at radius 3 is 2.73 bits per heavy atom. The molecule has 2 aromatic heterocycles. The minimum Gasteiger partial charge on any atom is -0.359 e. The van der Waals surface area contributed by atoms with Gasteiger partial charge in [-0.15, -0.1) is 35.3 Å². The van der Waals surface area contributed by atoms with E-state index in [9.17, 15) is 0 Å². The van der Waals surface area contributed by atoms with Crippen LogP contribution in [0.15, 0.2) is 33.1 Å². The van der Waals surface area contributed by atoms with Gasteiger partial charge in [-0.25, -0.2) is 0 Å². The maximum atomic E-state index is 5.30. The summed E-state index contributed by atoms with van der Waals surface area (Å²) in [4.78, 5) is 5.51. The van der Waals surface area contributed by atoms with E-state index in [0.29, 0.717) is 12.5 Å². The van der Waals surface area contributed by atoms with E-state index < -0.39 is 0 Å². The van der Waals surface area contributed by atoms with Gasteiger partial charge < -0.3 is 15.2 Å². The van der Waals surface area contributed by atoms with Crippen LogP contribution in [-0.2, 0) is 6.54 Å².